The average molecular weight is 433 g/mol. The average Bonchev–Trinajstić information content (AvgIpc) is 3.39. The maximum atomic E-state index is 10.6. The molecule has 3 atom stereocenters. The van der Waals surface area contributed by atoms with Gasteiger partial charge in [0.2, 0.25) is 17.4 Å². The first-order chi connectivity index (χ1) is 14.5. The van der Waals surface area contributed by atoms with Gasteiger partial charge >= 0.3 is 8.17 Å². The van der Waals surface area contributed by atoms with Crippen LogP contribution in [0.2, 0.25) is 0 Å². The van der Waals surface area contributed by atoms with Crippen molar-refractivity contribution < 1.29 is 23.2 Å². The Morgan fingerprint density at radius 3 is 2.73 bits per heavy atom. The van der Waals surface area contributed by atoms with Crippen LogP contribution in [0.1, 0.15) is 19.6 Å². The molecule has 2 aromatic heterocycles. The Hall–Kier alpha value is -2.72. The third-order valence-corrected chi connectivity index (χ3v) is 6.43. The summed E-state index contributed by atoms with van der Waals surface area (Å²) < 4.78 is 24.7. The van der Waals surface area contributed by atoms with E-state index >= 15 is 0 Å². The van der Waals surface area contributed by atoms with Crippen molar-refractivity contribution >= 4 is 31.1 Å². The van der Waals surface area contributed by atoms with Gasteiger partial charge in [-0.15, -0.1) is 4.52 Å². The van der Waals surface area contributed by atoms with Crippen molar-refractivity contribution in [2.24, 2.45) is 5.92 Å². The van der Waals surface area contributed by atoms with Crippen LogP contribution in [0.25, 0.3) is 11.2 Å². The Morgan fingerprint density at radius 1 is 1.30 bits per heavy atom. The first-order valence-corrected chi connectivity index (χ1v) is 11.0. The van der Waals surface area contributed by atoms with E-state index in [2.05, 4.69) is 27.2 Å². The molecule has 2 aliphatic rings. The van der Waals surface area contributed by atoms with Crippen LogP contribution in [0.5, 0.6) is 11.5 Å². The molecule has 1 aromatic carbocycles. The molecule has 3 aromatic rings. The van der Waals surface area contributed by atoms with Gasteiger partial charge in [0.25, 0.3) is 0 Å². The second-order valence-corrected chi connectivity index (χ2v) is 8.82. The zero-order valence-electron chi connectivity index (χ0n) is 16.4. The summed E-state index contributed by atoms with van der Waals surface area (Å²) in [7, 11) is -1.70. The van der Waals surface area contributed by atoms with Gasteiger partial charge in [-0.05, 0) is 18.6 Å². The topological polar surface area (TPSA) is 139 Å². The van der Waals surface area contributed by atoms with E-state index in [0.29, 0.717) is 28.5 Å². The highest BCUT2D eigenvalue weighted by Crippen LogP contribution is 2.65. The van der Waals surface area contributed by atoms with Crippen molar-refractivity contribution in [1.82, 2.24) is 19.5 Å². The molecule has 0 amide bonds. The second kappa shape index (κ2) is 7.21. The molecule has 11 nitrogen and oxygen atoms in total. The summed E-state index contributed by atoms with van der Waals surface area (Å²) in [5, 5.41) is 2.98. The summed E-state index contributed by atoms with van der Waals surface area (Å²) in [6.07, 6.45) is 1.82. The number of hydrogen-bond acceptors (Lipinski definition) is 10. The smallest absolute Gasteiger partial charge is 0.371 e. The summed E-state index contributed by atoms with van der Waals surface area (Å²) >= 11 is 0. The van der Waals surface area contributed by atoms with E-state index in [1.54, 1.807) is 37.6 Å². The lowest BCUT2D eigenvalue weighted by molar-refractivity contribution is -0.0297. The van der Waals surface area contributed by atoms with E-state index in [9.17, 15) is 4.89 Å². The first kappa shape index (κ1) is 19.3. The quantitative estimate of drug-likeness (QED) is 0.514. The fourth-order valence-electron chi connectivity index (χ4n) is 3.76. The number of hydrogen-bond donors (Lipinski definition) is 3. The van der Waals surface area contributed by atoms with Gasteiger partial charge in [0.15, 0.2) is 17.0 Å². The number of aromatic nitrogens is 4. The van der Waals surface area contributed by atoms with E-state index in [1.807, 2.05) is 4.57 Å². The Labute approximate surface area is 172 Å². The maximum absolute atomic E-state index is 10.6. The molecule has 0 radical (unpaired) electrons. The Bertz CT molecular complexity index is 1070. The molecule has 2 aliphatic heterocycles. The Kier molecular flexibility index (Phi) is 4.62. The number of anilines is 2. The van der Waals surface area contributed by atoms with Crippen molar-refractivity contribution in [3.05, 3.63) is 30.6 Å². The molecule has 5 rings (SSSR count). The van der Waals surface area contributed by atoms with Crippen LogP contribution in [0.4, 0.5) is 11.8 Å². The van der Waals surface area contributed by atoms with E-state index < -0.39 is 8.17 Å². The fourth-order valence-corrected chi connectivity index (χ4v) is 5.05. The predicted octanol–water partition coefficient (Wildman–Crippen LogP) is 2.53. The predicted molar refractivity (Wildman–Crippen MR) is 110 cm³/mol. The number of para-hydroxylation sites is 2. The van der Waals surface area contributed by atoms with Crippen molar-refractivity contribution in [2.75, 3.05) is 24.7 Å². The molecule has 30 heavy (non-hydrogen) atoms. The van der Waals surface area contributed by atoms with Crippen molar-refractivity contribution in [3.8, 4) is 11.5 Å². The largest absolute Gasteiger partial charge is 0.666 e. The van der Waals surface area contributed by atoms with Crippen LogP contribution in [0.15, 0.2) is 30.6 Å². The minimum atomic E-state index is -3.45. The first-order valence-electron chi connectivity index (χ1n) is 9.53. The van der Waals surface area contributed by atoms with Gasteiger partial charge in [0.05, 0.1) is 12.4 Å². The molecule has 158 valence electrons. The third kappa shape index (κ3) is 3.29. The van der Waals surface area contributed by atoms with Gasteiger partial charge in [0, 0.05) is 13.0 Å². The number of nitrogens with two attached hydrogens (primary N) is 1. The van der Waals surface area contributed by atoms with Crippen molar-refractivity contribution in [1.29, 1.82) is 0 Å². The summed E-state index contributed by atoms with van der Waals surface area (Å²) in [6, 6.07) is 7.04. The van der Waals surface area contributed by atoms with Crippen LogP contribution in [-0.4, -0.2) is 44.2 Å². The number of imidazole rings is 1. The van der Waals surface area contributed by atoms with Crippen LogP contribution in [0.3, 0.4) is 0 Å². The molecule has 0 unspecified atom stereocenters. The summed E-state index contributed by atoms with van der Waals surface area (Å²) in [4.78, 5) is 23.5. The summed E-state index contributed by atoms with van der Waals surface area (Å²) in [5.41, 5.74) is 7.05. The number of nitrogen functional groups attached to an aromatic ring is 1. The molecule has 12 heteroatoms. The highest BCUT2D eigenvalue weighted by molar-refractivity contribution is 7.56. The Balaban J connectivity index is 1.29. The van der Waals surface area contributed by atoms with Gasteiger partial charge < -0.3 is 15.8 Å². The highest BCUT2D eigenvalue weighted by Gasteiger charge is 2.55. The molecule has 0 aliphatic carbocycles. The monoisotopic (exact) mass is 433 g/mol. The molecular formula is C18H22N6O5P+. The SMILES string of the molecule is CNc1nc(N)nc2c1ncn2[C@@H]1O[C@H](CO[P+]2(O)Oc3ccccc3O2)C[C@@H]1C. The van der Waals surface area contributed by atoms with Crippen LogP contribution in [0, 0.1) is 5.92 Å². The second-order valence-electron chi connectivity index (χ2n) is 7.26. The standard InChI is InChI=1S/C18H22N6O5P/c1-10-7-11(8-26-30(25)28-12-5-3-4-6-13(12)29-30)27-17(10)24-9-21-14-15(20-2)22-18(19)23-16(14)24/h3-6,9-11,17,25H,7-8H2,1-2H3,(H3,19,20,22,23)/q+1/t10-,11-,17+/m0/s1. The normalized spacial score (nSPS) is 24.4. The van der Waals surface area contributed by atoms with Gasteiger partial charge in [-0.2, -0.15) is 14.9 Å². The lowest BCUT2D eigenvalue weighted by atomic mass is 10.1. The number of ether oxygens (including phenoxy) is 1. The lowest BCUT2D eigenvalue weighted by Gasteiger charge is -2.18. The number of benzene rings is 1. The highest BCUT2D eigenvalue weighted by atomic mass is 31.2. The third-order valence-electron chi connectivity index (χ3n) is 5.10. The number of rotatable bonds is 5. The van der Waals surface area contributed by atoms with Crippen molar-refractivity contribution in [3.63, 3.8) is 0 Å². The molecule has 1 saturated heterocycles. The van der Waals surface area contributed by atoms with Gasteiger partial charge in [-0.25, -0.2) is 4.98 Å². The van der Waals surface area contributed by atoms with Gasteiger partial charge in [-0.1, -0.05) is 19.1 Å². The van der Waals surface area contributed by atoms with Gasteiger partial charge in [0.1, 0.15) is 12.8 Å². The molecular weight excluding hydrogens is 411 g/mol. The summed E-state index contributed by atoms with van der Waals surface area (Å²) in [6.45, 7) is 2.20. The van der Waals surface area contributed by atoms with E-state index in [1.165, 1.54) is 0 Å². The number of nitrogens with zero attached hydrogens (tertiary/aromatic N) is 4. The fraction of sp³-hybridized carbons (Fsp3) is 0.389. The maximum Gasteiger partial charge on any atom is 0.666 e. The number of nitrogens with one attached hydrogen (secondary N) is 1. The summed E-state index contributed by atoms with van der Waals surface area (Å²) in [5.74, 6) is 1.80. The molecule has 1 fully saturated rings. The molecule has 0 spiro atoms. The number of fused-ring (bicyclic) bond motifs is 2. The zero-order valence-corrected chi connectivity index (χ0v) is 17.3. The molecule has 4 heterocycles. The minimum absolute atomic E-state index is 0.130. The van der Waals surface area contributed by atoms with E-state index in [-0.39, 0.29) is 30.8 Å². The lowest BCUT2D eigenvalue weighted by Crippen LogP contribution is -2.19. The van der Waals surface area contributed by atoms with E-state index in [4.69, 9.17) is 24.0 Å². The van der Waals surface area contributed by atoms with Gasteiger partial charge in [-0.3, -0.25) is 13.6 Å². The molecule has 0 bridgehead atoms. The van der Waals surface area contributed by atoms with Crippen LogP contribution in [-0.2, 0) is 9.26 Å². The van der Waals surface area contributed by atoms with Crippen LogP contribution >= 0.6 is 8.17 Å². The molecule has 4 N–H and O–H groups in total. The Morgan fingerprint density at radius 2 is 2.03 bits per heavy atom. The minimum Gasteiger partial charge on any atom is -0.371 e. The van der Waals surface area contributed by atoms with Crippen LogP contribution < -0.4 is 20.1 Å². The van der Waals surface area contributed by atoms with Crippen molar-refractivity contribution in [2.45, 2.75) is 25.7 Å². The molecule has 0 saturated carbocycles. The zero-order chi connectivity index (χ0) is 20.9. The van der Waals surface area contributed by atoms with E-state index in [0.717, 1.165) is 6.42 Å².